The molecule has 0 bridgehead atoms. The maximum absolute atomic E-state index is 5.87. The number of nitrogens with zero attached hydrogens (tertiary/aromatic N) is 3. The highest BCUT2D eigenvalue weighted by molar-refractivity contribution is 5.56. The van der Waals surface area contributed by atoms with Gasteiger partial charge in [0.05, 0.1) is 6.54 Å². The van der Waals surface area contributed by atoms with Crippen molar-refractivity contribution in [2.45, 2.75) is 25.8 Å². The van der Waals surface area contributed by atoms with E-state index in [-0.39, 0.29) is 0 Å². The van der Waals surface area contributed by atoms with Crippen LogP contribution in [-0.4, -0.2) is 33.2 Å². The Hall–Kier alpha value is -3.44. The van der Waals surface area contributed by atoms with Gasteiger partial charge in [0, 0.05) is 5.56 Å². The van der Waals surface area contributed by atoms with Crippen LogP contribution in [0.15, 0.2) is 84.9 Å². The molecule has 0 radical (unpaired) electrons. The van der Waals surface area contributed by atoms with Gasteiger partial charge in [0.15, 0.2) is 5.82 Å². The van der Waals surface area contributed by atoms with Gasteiger partial charge in [-0.2, -0.15) is 5.10 Å². The van der Waals surface area contributed by atoms with E-state index in [9.17, 15) is 0 Å². The van der Waals surface area contributed by atoms with Gasteiger partial charge in [-0.1, -0.05) is 48.5 Å². The Morgan fingerprint density at radius 3 is 2.19 bits per heavy atom. The summed E-state index contributed by atoms with van der Waals surface area (Å²) in [5, 5.41) is 7.56. The first-order valence-electron chi connectivity index (χ1n) is 11.3. The lowest BCUT2D eigenvalue weighted by Gasteiger charge is -2.31. The van der Waals surface area contributed by atoms with Crippen LogP contribution in [0.3, 0.4) is 0 Å². The molecule has 0 amide bonds. The van der Waals surface area contributed by atoms with Gasteiger partial charge in [-0.05, 0) is 80.2 Å². The Morgan fingerprint density at radius 1 is 0.812 bits per heavy atom. The molecule has 1 N–H and O–H groups in total. The maximum atomic E-state index is 5.87. The average Bonchev–Trinajstić information content (AvgIpc) is 3.31. The number of likely N-dealkylation sites (tertiary alicyclic amines) is 1. The molecule has 0 atom stereocenters. The zero-order chi connectivity index (χ0) is 21.6. The Labute approximate surface area is 189 Å². The van der Waals surface area contributed by atoms with Gasteiger partial charge in [0.25, 0.3) is 0 Å². The molecule has 0 aliphatic carbocycles. The first-order valence-corrected chi connectivity index (χ1v) is 11.3. The van der Waals surface area contributed by atoms with Crippen molar-refractivity contribution in [2.24, 2.45) is 5.92 Å². The minimum atomic E-state index is 0.727. The predicted octanol–water partition coefficient (Wildman–Crippen LogP) is 5.72. The van der Waals surface area contributed by atoms with E-state index in [4.69, 9.17) is 9.72 Å². The molecule has 5 heteroatoms. The summed E-state index contributed by atoms with van der Waals surface area (Å²) in [6.45, 7) is 3.04. The summed E-state index contributed by atoms with van der Waals surface area (Å²) in [7, 11) is 0. The lowest BCUT2D eigenvalue weighted by molar-refractivity contribution is 0.173. The van der Waals surface area contributed by atoms with Crippen molar-refractivity contribution in [1.82, 2.24) is 20.1 Å². The normalized spacial score (nSPS) is 15.0. The molecule has 162 valence electrons. The molecule has 1 saturated heterocycles. The molecule has 0 unspecified atom stereocenters. The van der Waals surface area contributed by atoms with Crippen molar-refractivity contribution in [1.29, 1.82) is 0 Å². The minimum Gasteiger partial charge on any atom is -0.457 e. The Morgan fingerprint density at radius 2 is 1.47 bits per heavy atom. The van der Waals surface area contributed by atoms with Gasteiger partial charge in [-0.3, -0.25) is 10.00 Å². The van der Waals surface area contributed by atoms with Gasteiger partial charge < -0.3 is 4.74 Å². The Kier molecular flexibility index (Phi) is 6.26. The summed E-state index contributed by atoms with van der Waals surface area (Å²) in [6, 6.07) is 28.5. The average molecular weight is 425 g/mol. The molecule has 32 heavy (non-hydrogen) atoms. The van der Waals surface area contributed by atoms with Gasteiger partial charge in [0.1, 0.15) is 17.3 Å². The molecule has 5 nitrogen and oxygen atoms in total. The molecule has 1 aliphatic rings. The van der Waals surface area contributed by atoms with E-state index < -0.39 is 0 Å². The fraction of sp³-hybridized carbons (Fsp3) is 0.259. The van der Waals surface area contributed by atoms with Crippen molar-refractivity contribution in [3.63, 3.8) is 0 Å². The lowest BCUT2D eigenvalue weighted by Crippen LogP contribution is -2.34. The van der Waals surface area contributed by atoms with Crippen LogP contribution in [0.1, 0.15) is 24.2 Å². The van der Waals surface area contributed by atoms with Crippen molar-refractivity contribution in [3.8, 4) is 22.9 Å². The number of para-hydroxylation sites is 1. The molecular formula is C27H28N4O. The topological polar surface area (TPSA) is 54.0 Å². The van der Waals surface area contributed by atoms with Crippen LogP contribution in [0.25, 0.3) is 11.4 Å². The summed E-state index contributed by atoms with van der Waals surface area (Å²) in [5.41, 5.74) is 2.43. The third-order valence-electron chi connectivity index (χ3n) is 6.07. The molecular weight excluding hydrogens is 396 g/mol. The Balaban J connectivity index is 1.13. The van der Waals surface area contributed by atoms with Crippen LogP contribution in [0, 0.1) is 5.92 Å². The molecule has 2 heterocycles. The van der Waals surface area contributed by atoms with Crippen LogP contribution in [-0.2, 0) is 13.0 Å². The van der Waals surface area contributed by atoms with Crippen molar-refractivity contribution < 1.29 is 4.74 Å². The number of benzene rings is 3. The SMILES string of the molecule is c1ccc(CC2CCN(Cc3nc(-c4ccc(Oc5ccccc5)cc4)n[nH]3)CC2)cc1. The second-order valence-corrected chi connectivity index (χ2v) is 8.45. The van der Waals surface area contributed by atoms with E-state index in [2.05, 4.69) is 45.4 Å². The second kappa shape index (κ2) is 9.79. The lowest BCUT2D eigenvalue weighted by atomic mass is 9.90. The number of H-pyrrole nitrogens is 1. The van der Waals surface area contributed by atoms with Gasteiger partial charge in [-0.15, -0.1) is 0 Å². The van der Waals surface area contributed by atoms with E-state index in [0.717, 1.165) is 54.3 Å². The molecule has 1 fully saturated rings. The van der Waals surface area contributed by atoms with Crippen LogP contribution < -0.4 is 4.74 Å². The largest absolute Gasteiger partial charge is 0.457 e. The maximum Gasteiger partial charge on any atom is 0.181 e. The standard InChI is InChI=1S/C27H28N4O/c1-3-7-21(8-4-1)19-22-15-17-31(18-16-22)20-26-28-27(30-29-26)23-11-13-25(14-12-23)32-24-9-5-2-6-10-24/h1-14,22H,15-20H2,(H,28,29,30). The number of rotatable bonds is 7. The minimum absolute atomic E-state index is 0.727. The van der Waals surface area contributed by atoms with Crippen molar-refractivity contribution in [2.75, 3.05) is 13.1 Å². The van der Waals surface area contributed by atoms with Crippen LogP contribution in [0.4, 0.5) is 0 Å². The molecule has 3 aromatic carbocycles. The predicted molar refractivity (Wildman–Crippen MR) is 126 cm³/mol. The zero-order valence-electron chi connectivity index (χ0n) is 18.2. The quantitative estimate of drug-likeness (QED) is 0.412. The number of aromatic amines is 1. The number of hydrogen-bond acceptors (Lipinski definition) is 4. The number of piperidine rings is 1. The van der Waals surface area contributed by atoms with Gasteiger partial charge in [-0.25, -0.2) is 4.98 Å². The molecule has 0 spiro atoms. The van der Waals surface area contributed by atoms with E-state index in [0.29, 0.717) is 0 Å². The molecule has 1 aliphatic heterocycles. The highest BCUT2D eigenvalue weighted by Gasteiger charge is 2.20. The highest BCUT2D eigenvalue weighted by Crippen LogP contribution is 2.25. The summed E-state index contributed by atoms with van der Waals surface area (Å²) in [6.07, 6.45) is 3.66. The third-order valence-corrected chi connectivity index (χ3v) is 6.07. The van der Waals surface area contributed by atoms with E-state index in [1.807, 2.05) is 54.6 Å². The molecule has 5 rings (SSSR count). The molecule has 0 saturated carbocycles. The van der Waals surface area contributed by atoms with Crippen LogP contribution >= 0.6 is 0 Å². The second-order valence-electron chi connectivity index (χ2n) is 8.45. The van der Waals surface area contributed by atoms with Gasteiger partial charge >= 0.3 is 0 Å². The number of nitrogens with one attached hydrogen (secondary N) is 1. The van der Waals surface area contributed by atoms with E-state index in [1.54, 1.807) is 0 Å². The highest BCUT2D eigenvalue weighted by atomic mass is 16.5. The van der Waals surface area contributed by atoms with Crippen LogP contribution in [0.5, 0.6) is 11.5 Å². The van der Waals surface area contributed by atoms with Crippen molar-refractivity contribution >= 4 is 0 Å². The summed E-state index contributed by atoms with van der Waals surface area (Å²) in [5.74, 6) is 4.05. The first kappa shape index (κ1) is 20.5. The summed E-state index contributed by atoms with van der Waals surface area (Å²) in [4.78, 5) is 7.20. The smallest absolute Gasteiger partial charge is 0.181 e. The zero-order valence-corrected chi connectivity index (χ0v) is 18.2. The third kappa shape index (κ3) is 5.24. The van der Waals surface area contributed by atoms with Crippen LogP contribution in [0.2, 0.25) is 0 Å². The molecule has 4 aromatic rings. The van der Waals surface area contributed by atoms with Crippen molar-refractivity contribution in [3.05, 3.63) is 96.3 Å². The summed E-state index contributed by atoms with van der Waals surface area (Å²) < 4.78 is 5.87. The Bertz CT molecular complexity index is 1100. The number of ether oxygens (including phenoxy) is 1. The van der Waals surface area contributed by atoms with E-state index >= 15 is 0 Å². The summed E-state index contributed by atoms with van der Waals surface area (Å²) >= 11 is 0. The fourth-order valence-corrected chi connectivity index (χ4v) is 4.30. The van der Waals surface area contributed by atoms with Gasteiger partial charge in [0.2, 0.25) is 0 Å². The number of aromatic nitrogens is 3. The first-order chi connectivity index (χ1) is 15.8. The molecule has 1 aromatic heterocycles. The fourth-order valence-electron chi connectivity index (χ4n) is 4.30. The monoisotopic (exact) mass is 424 g/mol. The number of hydrogen-bond donors (Lipinski definition) is 1. The van der Waals surface area contributed by atoms with E-state index in [1.165, 1.54) is 24.8 Å².